The van der Waals surface area contributed by atoms with Crippen molar-refractivity contribution in [1.29, 1.82) is 0 Å². The number of rotatable bonds is 12. The Morgan fingerprint density at radius 3 is 0.773 bits per heavy atom. The number of anilines is 1. The van der Waals surface area contributed by atoms with Gasteiger partial charge in [0.1, 0.15) is 0 Å². The van der Waals surface area contributed by atoms with Crippen LogP contribution in [0.2, 0.25) is 0 Å². The summed E-state index contributed by atoms with van der Waals surface area (Å²) in [7, 11) is 23.3. The van der Waals surface area contributed by atoms with Crippen LogP contribution in [-0.4, -0.2) is 144 Å². The molecular formula is C108H86N36Pt6. The minimum absolute atomic E-state index is 0. The van der Waals surface area contributed by atoms with Crippen molar-refractivity contribution in [2.24, 2.45) is 84.6 Å². The van der Waals surface area contributed by atoms with Crippen LogP contribution in [0.4, 0.5) is 11.5 Å². The summed E-state index contributed by atoms with van der Waals surface area (Å²) in [6, 6.07) is 47.8. The fourth-order valence-electron chi connectivity index (χ4n) is 19.3. The SMILES string of the molecule is Cn1[c-]nc(-c2cccc3c2[n-]c2c3ccn2-c2cn(C)cn2)c1.Cn1[c-]nc(-c2cccc3c2[n-]c2c3ccn2-c2cn(C)cn2)c1.Cn1[c-]nc(-c2cccc3c2[n-]c2c3ccn2-c2cn(C)cn2)c1.Cn1[c-]nc(-n2ccc3c4cccc(-c5cn(C)cn5)c4[n-]c32)c1.Cn1[c-]nc(-n2ccc3c4cccc(-c5cn(C)cn5)c4[n-]c32)c1.Cn1[c-]nc(N2C=CC3c4cccc(-c5cn(C)cn5)c4[N-]C32)c1.[Pt+2].[Pt+2].[Pt+2].[Pt+2].[Pt+2].[Pt+2]. The molecule has 0 N–H and O–H groups in total. The van der Waals surface area contributed by atoms with E-state index in [1.54, 1.807) is 31.6 Å². The van der Waals surface area contributed by atoms with Gasteiger partial charge in [-0.1, -0.05) is 239 Å². The fraction of sp³-hybridized carbons (Fsp3) is 0.130. The predicted molar refractivity (Wildman–Crippen MR) is 551 cm³/mol. The zero-order chi connectivity index (χ0) is 97.6. The van der Waals surface area contributed by atoms with Crippen LogP contribution in [0.25, 0.3) is 212 Å². The Hall–Kier alpha value is -15.3. The molecule has 42 heteroatoms. The van der Waals surface area contributed by atoms with Gasteiger partial charge >= 0.3 is 126 Å². The van der Waals surface area contributed by atoms with Gasteiger partial charge in [-0.2, -0.15) is 0 Å². The second-order valence-electron chi connectivity index (χ2n) is 36.1. The van der Waals surface area contributed by atoms with E-state index in [0.717, 1.165) is 218 Å². The minimum atomic E-state index is 0. The van der Waals surface area contributed by atoms with E-state index in [4.69, 9.17) is 30.2 Å². The van der Waals surface area contributed by atoms with Gasteiger partial charge in [0.2, 0.25) is 0 Å². The first kappa shape index (κ1) is 103. The largest absolute Gasteiger partial charge is 2.00 e. The van der Waals surface area contributed by atoms with Crippen LogP contribution >= 0.6 is 0 Å². The third-order valence-corrected chi connectivity index (χ3v) is 25.9. The Morgan fingerprint density at radius 2 is 0.500 bits per heavy atom. The monoisotopic (exact) mass is 3060 g/mol. The van der Waals surface area contributed by atoms with Crippen LogP contribution < -0.4 is 29.8 Å². The topological polar surface area (TPSA) is 326 Å². The average Bonchev–Trinajstić information content (AvgIpc) is 1.61. The number of imidazole rings is 12. The zero-order valence-electron chi connectivity index (χ0n) is 81.9. The van der Waals surface area contributed by atoms with Crippen molar-refractivity contribution in [3.63, 3.8) is 0 Å². The summed E-state index contributed by atoms with van der Waals surface area (Å²) in [6.45, 7) is 0. The number of hydrogen-bond acceptors (Lipinski definition) is 13. The smallest absolute Gasteiger partial charge is 0.664 e. The third-order valence-electron chi connectivity index (χ3n) is 25.9. The van der Waals surface area contributed by atoms with Gasteiger partial charge in [-0.05, 0) is 164 Å². The maximum Gasteiger partial charge on any atom is 2.00 e. The Balaban J connectivity index is 0.000000112. The zero-order valence-corrected chi connectivity index (χ0v) is 95.5. The molecule has 0 saturated carbocycles. The maximum absolute atomic E-state index is 5.02. The predicted octanol–water partition coefficient (Wildman–Crippen LogP) is 16.4. The van der Waals surface area contributed by atoms with Crippen LogP contribution in [0.1, 0.15) is 11.5 Å². The van der Waals surface area contributed by atoms with Crippen LogP contribution in [0.5, 0.6) is 0 Å². The fourth-order valence-corrected chi connectivity index (χ4v) is 19.3. The van der Waals surface area contributed by atoms with Gasteiger partial charge in [0.05, 0.1) is 72.5 Å². The van der Waals surface area contributed by atoms with Crippen molar-refractivity contribution < 1.29 is 126 Å². The van der Waals surface area contributed by atoms with E-state index in [0.29, 0.717) is 0 Å². The van der Waals surface area contributed by atoms with Gasteiger partial charge in [-0.3, -0.25) is 0 Å². The molecule has 150 heavy (non-hydrogen) atoms. The van der Waals surface area contributed by atoms with Crippen LogP contribution in [0, 0.1) is 38.0 Å². The van der Waals surface area contributed by atoms with E-state index in [1.165, 1.54) is 5.56 Å². The molecule has 0 fully saturated rings. The molecule has 0 bridgehead atoms. The van der Waals surface area contributed by atoms with Crippen molar-refractivity contribution in [2.75, 3.05) is 4.90 Å². The molecule has 0 amide bonds. The summed E-state index contributed by atoms with van der Waals surface area (Å²) in [5.74, 6) is 5.35. The van der Waals surface area contributed by atoms with Crippen molar-refractivity contribution >= 4 is 121 Å². The van der Waals surface area contributed by atoms with E-state index in [1.807, 2.05) is 292 Å². The van der Waals surface area contributed by atoms with Gasteiger partial charge in [0.15, 0.2) is 0 Å². The van der Waals surface area contributed by atoms with Crippen LogP contribution in [0.15, 0.2) is 295 Å². The van der Waals surface area contributed by atoms with Gasteiger partial charge in [-0.25, -0.2) is 29.9 Å². The Labute approximate surface area is 943 Å². The second-order valence-corrected chi connectivity index (χ2v) is 36.1. The molecule has 28 aromatic rings. The number of aromatic nitrogens is 34. The number of para-hydroxylation sites is 6. The Morgan fingerprint density at radius 1 is 0.240 bits per heavy atom. The first-order valence-electron chi connectivity index (χ1n) is 46.2. The van der Waals surface area contributed by atoms with Crippen molar-refractivity contribution in [3.8, 4) is 96.6 Å². The van der Waals surface area contributed by atoms with Crippen LogP contribution in [-0.2, 0) is 211 Å². The molecule has 0 spiro atoms. The van der Waals surface area contributed by atoms with Crippen molar-refractivity contribution in [2.45, 2.75) is 12.1 Å². The molecular weight excluding hydrogens is 2970 g/mol. The molecule has 2 aliphatic rings. The summed E-state index contributed by atoms with van der Waals surface area (Å²) in [4.78, 5) is 79.3. The number of nitrogens with zero attached hydrogens (tertiary/aromatic N) is 36. The molecule has 2 aliphatic heterocycles. The molecule has 22 aromatic heterocycles. The van der Waals surface area contributed by atoms with Gasteiger partial charge in [0, 0.05) is 134 Å². The Kier molecular flexibility index (Phi) is 28.9. The molecule has 6 aromatic carbocycles. The molecule has 36 nitrogen and oxygen atoms in total. The molecule has 758 valence electrons. The molecule has 2 atom stereocenters. The third kappa shape index (κ3) is 18.7. The number of fused-ring (bicyclic) bond motifs is 18. The van der Waals surface area contributed by atoms with E-state index < -0.39 is 0 Å². The summed E-state index contributed by atoms with van der Waals surface area (Å²) in [6.07, 6.45) is 66.3. The Bertz CT molecular complexity index is 8650. The molecule has 24 heterocycles. The van der Waals surface area contributed by atoms with Gasteiger partial charge in [-0.15, -0.1) is 42.9 Å². The number of aryl methyl sites for hydroxylation is 12. The summed E-state index contributed by atoms with van der Waals surface area (Å²) < 4.78 is 32.6. The van der Waals surface area contributed by atoms with E-state index in [-0.39, 0.29) is 138 Å². The molecule has 0 radical (unpaired) electrons. The van der Waals surface area contributed by atoms with E-state index >= 15 is 0 Å². The standard InChI is InChI=1S/C18H16N6.5C18H14N6.6Pt/c6*1-22-8-15(19-10-22)14-5-3-4-12-13-6-7-24(18(13)21-17(12)14)16-9-23(2)11-20-16;;;;;;/h3-10,13,18H,1-2H3;3*3-9,11H,1-2H3;2*3-10H,1-2H3;;;;;;/q6*-2;6*+2. The van der Waals surface area contributed by atoms with Gasteiger partial charge < -0.3 is 143 Å². The molecule has 0 aliphatic carbocycles. The first-order chi connectivity index (χ1) is 70.2. The van der Waals surface area contributed by atoms with Crippen LogP contribution in [0.3, 0.4) is 0 Å². The first-order valence-corrected chi connectivity index (χ1v) is 46.2. The molecule has 0 saturated heterocycles. The quantitative estimate of drug-likeness (QED) is 0.103. The second kappa shape index (κ2) is 42.0. The van der Waals surface area contributed by atoms with E-state index in [9.17, 15) is 0 Å². The van der Waals surface area contributed by atoms with Crippen molar-refractivity contribution in [3.05, 3.63) is 344 Å². The summed E-state index contributed by atoms with van der Waals surface area (Å²) in [5.41, 5.74) is 23.4. The molecule has 30 rings (SSSR count). The maximum atomic E-state index is 5.02. The normalized spacial score (nSPS) is 12.8. The van der Waals surface area contributed by atoms with Crippen molar-refractivity contribution in [1.82, 2.24) is 162 Å². The van der Waals surface area contributed by atoms with Gasteiger partial charge in [0.25, 0.3) is 0 Å². The number of hydrogen-bond donors (Lipinski definition) is 0. The minimum Gasteiger partial charge on any atom is -0.664 e. The average molecular weight is 3060 g/mol. The summed E-state index contributed by atoms with van der Waals surface area (Å²) in [5, 5.41) is 16.3. The van der Waals surface area contributed by atoms with E-state index in [2.05, 4.69) is 236 Å². The molecule has 2 unspecified atom stereocenters. The summed E-state index contributed by atoms with van der Waals surface area (Å²) >= 11 is 0. The number of benzene rings is 6.